The van der Waals surface area contributed by atoms with Crippen molar-refractivity contribution >= 4 is 6.21 Å². The highest BCUT2D eigenvalue weighted by Crippen LogP contribution is 2.24. The number of likely N-dealkylation sites (N-methyl/N-ethyl adjacent to an activating group) is 1. The van der Waals surface area contributed by atoms with Crippen LogP contribution in [0.15, 0.2) is 17.1 Å². The van der Waals surface area contributed by atoms with Gasteiger partial charge in [0.15, 0.2) is 6.17 Å². The van der Waals surface area contributed by atoms with Crippen molar-refractivity contribution in [3.8, 4) is 0 Å². The molecule has 0 aromatic rings. The largest absolute Gasteiger partial charge is 0.391 e. The predicted octanol–water partition coefficient (Wildman–Crippen LogP) is 5.09. The van der Waals surface area contributed by atoms with Crippen LogP contribution in [0.25, 0.3) is 0 Å². The van der Waals surface area contributed by atoms with Crippen molar-refractivity contribution < 1.29 is 9.59 Å². The number of hydrogen-bond acceptors (Lipinski definition) is 2. The summed E-state index contributed by atoms with van der Waals surface area (Å²) in [6.45, 7) is 7.70. The van der Waals surface area contributed by atoms with Gasteiger partial charge >= 0.3 is 0 Å². The number of allylic oxidation sites excluding steroid dienone is 2. The van der Waals surface area contributed by atoms with E-state index in [-0.39, 0.29) is 6.61 Å². The summed E-state index contributed by atoms with van der Waals surface area (Å²) in [7, 11) is 0. The summed E-state index contributed by atoms with van der Waals surface area (Å²) in [5.74, 6) is 0. The molecule has 3 nitrogen and oxygen atoms in total. The van der Waals surface area contributed by atoms with Crippen molar-refractivity contribution in [1.82, 2.24) is 0 Å². The fourth-order valence-corrected chi connectivity index (χ4v) is 3.73. The molecular weight excluding hydrogens is 296 g/mol. The first-order valence-corrected chi connectivity index (χ1v) is 10.4. The van der Waals surface area contributed by atoms with E-state index < -0.39 is 0 Å². The van der Waals surface area contributed by atoms with Crippen LogP contribution in [0.4, 0.5) is 0 Å². The van der Waals surface area contributed by atoms with E-state index in [9.17, 15) is 5.11 Å². The SMILES string of the molecule is CCCC/C=C/CCCCCCCCC1N=CC[N+]1(CC)CCO. The molecule has 1 aliphatic rings. The molecule has 0 fully saturated rings. The number of rotatable bonds is 15. The third-order valence-electron chi connectivity index (χ3n) is 5.50. The van der Waals surface area contributed by atoms with Crippen LogP contribution < -0.4 is 0 Å². The summed E-state index contributed by atoms with van der Waals surface area (Å²) in [5, 5.41) is 9.34. The summed E-state index contributed by atoms with van der Waals surface area (Å²) in [6, 6.07) is 0. The molecule has 0 amide bonds. The van der Waals surface area contributed by atoms with Crippen LogP contribution in [0.2, 0.25) is 0 Å². The molecule has 1 N–H and O–H groups in total. The van der Waals surface area contributed by atoms with Gasteiger partial charge < -0.3 is 5.11 Å². The van der Waals surface area contributed by atoms with Crippen LogP contribution in [0.3, 0.4) is 0 Å². The molecule has 0 radical (unpaired) electrons. The van der Waals surface area contributed by atoms with Gasteiger partial charge in [-0.2, -0.15) is 0 Å². The summed E-state index contributed by atoms with van der Waals surface area (Å²) in [5.41, 5.74) is 0. The second-order valence-corrected chi connectivity index (χ2v) is 7.29. The molecule has 140 valence electrons. The van der Waals surface area contributed by atoms with Crippen LogP contribution in [-0.2, 0) is 0 Å². The van der Waals surface area contributed by atoms with Crippen LogP contribution in [0, 0.1) is 0 Å². The lowest BCUT2D eigenvalue weighted by atomic mass is 10.1. The van der Waals surface area contributed by atoms with E-state index in [0.29, 0.717) is 6.17 Å². The third kappa shape index (κ3) is 7.94. The first kappa shape index (κ1) is 21.4. The van der Waals surface area contributed by atoms with Gasteiger partial charge in [0, 0.05) is 6.42 Å². The molecule has 0 bridgehead atoms. The average Bonchev–Trinajstić information content (AvgIpc) is 2.99. The maximum Gasteiger partial charge on any atom is 0.182 e. The molecule has 24 heavy (non-hydrogen) atoms. The van der Waals surface area contributed by atoms with Gasteiger partial charge in [-0.3, -0.25) is 4.48 Å². The normalized spacial score (nSPS) is 23.5. The number of unbranched alkanes of at least 4 members (excludes halogenated alkanes) is 8. The van der Waals surface area contributed by atoms with Gasteiger partial charge in [0.25, 0.3) is 0 Å². The van der Waals surface area contributed by atoms with Crippen molar-refractivity contribution in [1.29, 1.82) is 0 Å². The van der Waals surface area contributed by atoms with E-state index >= 15 is 0 Å². The molecule has 0 aliphatic carbocycles. The fourth-order valence-electron chi connectivity index (χ4n) is 3.73. The predicted molar refractivity (Wildman–Crippen MR) is 106 cm³/mol. The number of nitrogens with zero attached hydrogens (tertiary/aromatic N) is 2. The topological polar surface area (TPSA) is 32.6 Å². The number of hydrogen-bond donors (Lipinski definition) is 1. The van der Waals surface area contributed by atoms with Crippen LogP contribution in [0.1, 0.15) is 84.5 Å². The van der Waals surface area contributed by atoms with E-state index in [1.165, 1.54) is 70.6 Å². The van der Waals surface area contributed by atoms with Gasteiger partial charge in [0.2, 0.25) is 0 Å². The minimum atomic E-state index is 0.278. The van der Waals surface area contributed by atoms with E-state index in [1.807, 2.05) is 0 Å². The Hall–Kier alpha value is -0.670. The van der Waals surface area contributed by atoms with E-state index in [2.05, 4.69) is 32.2 Å². The molecule has 1 heterocycles. The Morgan fingerprint density at radius 1 is 1.00 bits per heavy atom. The van der Waals surface area contributed by atoms with Crippen molar-refractivity contribution in [3.63, 3.8) is 0 Å². The molecule has 0 aromatic heterocycles. The highest BCUT2D eigenvalue weighted by molar-refractivity contribution is 5.60. The summed E-state index contributed by atoms with van der Waals surface area (Å²) >= 11 is 0. The number of aliphatic imine (C=N–C) groups is 1. The van der Waals surface area contributed by atoms with Crippen molar-refractivity contribution in [3.05, 3.63) is 12.2 Å². The molecule has 1 rings (SSSR count). The first-order chi connectivity index (χ1) is 11.8. The lowest BCUT2D eigenvalue weighted by Crippen LogP contribution is -2.53. The van der Waals surface area contributed by atoms with Gasteiger partial charge in [-0.25, -0.2) is 4.99 Å². The Morgan fingerprint density at radius 3 is 2.33 bits per heavy atom. The maximum atomic E-state index is 9.34. The van der Waals surface area contributed by atoms with E-state index in [0.717, 1.165) is 24.1 Å². The molecule has 0 saturated carbocycles. The Kier molecular flexibility index (Phi) is 12.1. The van der Waals surface area contributed by atoms with Crippen LogP contribution in [-0.4, -0.2) is 48.2 Å². The fraction of sp³-hybridized carbons (Fsp3) is 0.857. The molecular formula is C21H41N2O+. The number of quaternary nitrogens is 1. The van der Waals surface area contributed by atoms with Gasteiger partial charge in [-0.15, -0.1) is 0 Å². The lowest BCUT2D eigenvalue weighted by Gasteiger charge is -2.37. The first-order valence-electron chi connectivity index (χ1n) is 10.4. The molecule has 2 atom stereocenters. The van der Waals surface area contributed by atoms with Crippen LogP contribution >= 0.6 is 0 Å². The van der Waals surface area contributed by atoms with E-state index in [1.54, 1.807) is 0 Å². The van der Waals surface area contributed by atoms with Crippen molar-refractivity contribution in [2.75, 3.05) is 26.2 Å². The Bertz CT molecular complexity index is 354. The Morgan fingerprint density at radius 2 is 1.67 bits per heavy atom. The monoisotopic (exact) mass is 337 g/mol. The Labute approximate surface area is 150 Å². The standard InChI is InChI=1S/C21H41N2O/c1-3-5-6-7-8-9-10-11-12-13-14-15-16-21-22-17-18-23(21,4-2)19-20-24/h7-8,17,21,24H,3-6,9-16,18-20H2,1-2H3/q+1/b8-7+. The average molecular weight is 338 g/mol. The second kappa shape index (κ2) is 13.6. The smallest absolute Gasteiger partial charge is 0.182 e. The van der Waals surface area contributed by atoms with Crippen molar-refractivity contribution in [2.45, 2.75) is 90.6 Å². The highest BCUT2D eigenvalue weighted by atomic mass is 16.3. The highest BCUT2D eigenvalue weighted by Gasteiger charge is 2.36. The minimum Gasteiger partial charge on any atom is -0.391 e. The molecule has 2 unspecified atom stereocenters. The zero-order chi connectivity index (χ0) is 17.5. The molecule has 0 saturated heterocycles. The third-order valence-corrected chi connectivity index (χ3v) is 5.50. The quantitative estimate of drug-likeness (QED) is 0.252. The number of aliphatic hydroxyl groups is 1. The molecule has 3 heteroatoms. The summed E-state index contributed by atoms with van der Waals surface area (Å²) in [6.07, 6.45) is 21.6. The zero-order valence-electron chi connectivity index (χ0n) is 16.3. The Balaban J connectivity index is 2.00. The molecule has 1 aliphatic heterocycles. The van der Waals surface area contributed by atoms with Gasteiger partial charge in [-0.1, -0.05) is 57.6 Å². The summed E-state index contributed by atoms with van der Waals surface area (Å²) in [4.78, 5) is 4.70. The molecule has 0 aromatic carbocycles. The zero-order valence-corrected chi connectivity index (χ0v) is 16.3. The van der Waals surface area contributed by atoms with E-state index in [4.69, 9.17) is 4.99 Å². The van der Waals surface area contributed by atoms with Crippen molar-refractivity contribution in [2.24, 2.45) is 4.99 Å². The maximum absolute atomic E-state index is 9.34. The molecule has 0 spiro atoms. The van der Waals surface area contributed by atoms with Gasteiger partial charge in [0.05, 0.1) is 19.4 Å². The minimum absolute atomic E-state index is 0.278. The second-order valence-electron chi connectivity index (χ2n) is 7.29. The number of aliphatic hydroxyl groups excluding tert-OH is 1. The summed E-state index contributed by atoms with van der Waals surface area (Å²) < 4.78 is 0.973. The van der Waals surface area contributed by atoms with Crippen LogP contribution in [0.5, 0.6) is 0 Å². The van der Waals surface area contributed by atoms with Gasteiger partial charge in [-0.05, 0) is 32.6 Å². The van der Waals surface area contributed by atoms with Gasteiger partial charge in [0.1, 0.15) is 13.1 Å². The lowest BCUT2D eigenvalue weighted by molar-refractivity contribution is -0.936.